The standard InChI is InChI=1S/C19H15F3N4O/c1-12-5-4-6-13-9-10-25(17(12)13)18(27)15-11-26(24-23-15)16-8-3-2-7-14(16)19(20,21)22/h2-8,11H,9-10H2,1H3. The van der Waals surface area contributed by atoms with Gasteiger partial charge in [0.1, 0.15) is 0 Å². The lowest BCUT2D eigenvalue weighted by atomic mass is 10.1. The van der Waals surface area contributed by atoms with Crippen LogP contribution in [-0.2, 0) is 12.6 Å². The smallest absolute Gasteiger partial charge is 0.306 e. The molecule has 5 nitrogen and oxygen atoms in total. The van der Waals surface area contributed by atoms with Gasteiger partial charge in [-0.2, -0.15) is 13.2 Å². The summed E-state index contributed by atoms with van der Waals surface area (Å²) in [4.78, 5) is 14.5. The molecule has 2 heterocycles. The minimum atomic E-state index is -4.53. The molecule has 8 heteroatoms. The fourth-order valence-electron chi connectivity index (χ4n) is 3.39. The Morgan fingerprint density at radius 3 is 2.67 bits per heavy atom. The number of anilines is 1. The highest BCUT2D eigenvalue weighted by atomic mass is 19.4. The zero-order valence-corrected chi connectivity index (χ0v) is 14.4. The van der Waals surface area contributed by atoms with Gasteiger partial charge in [-0.3, -0.25) is 4.79 Å². The fourth-order valence-corrected chi connectivity index (χ4v) is 3.39. The number of alkyl halides is 3. The number of nitrogens with zero attached hydrogens (tertiary/aromatic N) is 4. The van der Waals surface area contributed by atoms with Crippen LogP contribution in [0.15, 0.2) is 48.7 Å². The minimum absolute atomic E-state index is 0.00285. The van der Waals surface area contributed by atoms with E-state index in [4.69, 9.17) is 0 Å². The average molecular weight is 372 g/mol. The van der Waals surface area contributed by atoms with Gasteiger partial charge in [-0.25, -0.2) is 4.68 Å². The Kier molecular flexibility index (Phi) is 3.98. The molecule has 1 aliphatic heterocycles. The highest BCUT2D eigenvalue weighted by Crippen LogP contribution is 2.34. The predicted molar refractivity (Wildman–Crippen MR) is 92.9 cm³/mol. The Morgan fingerprint density at radius 2 is 1.89 bits per heavy atom. The van der Waals surface area contributed by atoms with Gasteiger partial charge >= 0.3 is 6.18 Å². The zero-order valence-electron chi connectivity index (χ0n) is 14.4. The van der Waals surface area contributed by atoms with Gasteiger partial charge in [0.2, 0.25) is 0 Å². The van der Waals surface area contributed by atoms with Crippen LogP contribution < -0.4 is 4.90 Å². The number of rotatable bonds is 2. The van der Waals surface area contributed by atoms with Crippen molar-refractivity contribution in [2.45, 2.75) is 19.5 Å². The molecule has 0 spiro atoms. The molecule has 0 saturated carbocycles. The molecular weight excluding hydrogens is 357 g/mol. The molecule has 1 amide bonds. The second-order valence-corrected chi connectivity index (χ2v) is 6.35. The van der Waals surface area contributed by atoms with Crippen molar-refractivity contribution in [1.29, 1.82) is 0 Å². The van der Waals surface area contributed by atoms with E-state index in [1.807, 2.05) is 25.1 Å². The molecule has 3 aromatic rings. The van der Waals surface area contributed by atoms with E-state index >= 15 is 0 Å². The molecule has 1 aliphatic rings. The highest BCUT2D eigenvalue weighted by molar-refractivity contribution is 6.06. The number of halogens is 3. The maximum Gasteiger partial charge on any atom is 0.418 e. The molecule has 138 valence electrons. The number of carbonyl (C=O) groups excluding carboxylic acids is 1. The molecule has 0 atom stereocenters. The van der Waals surface area contributed by atoms with Crippen molar-refractivity contribution in [2.24, 2.45) is 0 Å². The summed E-state index contributed by atoms with van der Waals surface area (Å²) in [6.45, 7) is 2.42. The predicted octanol–water partition coefficient (Wildman–Crippen LogP) is 3.80. The molecule has 1 aromatic heterocycles. The Hall–Kier alpha value is -3.16. The van der Waals surface area contributed by atoms with Gasteiger partial charge in [-0.05, 0) is 36.6 Å². The summed E-state index contributed by atoms with van der Waals surface area (Å²) in [5.41, 5.74) is 1.87. The first kappa shape index (κ1) is 17.3. The van der Waals surface area contributed by atoms with Gasteiger partial charge in [0.25, 0.3) is 5.91 Å². The largest absolute Gasteiger partial charge is 0.418 e. The Morgan fingerprint density at radius 1 is 1.11 bits per heavy atom. The number of fused-ring (bicyclic) bond motifs is 1. The summed E-state index contributed by atoms with van der Waals surface area (Å²) >= 11 is 0. The molecular formula is C19H15F3N4O. The Balaban J connectivity index is 1.69. The molecule has 0 saturated heterocycles. The number of para-hydroxylation sites is 2. The van der Waals surface area contributed by atoms with Crippen LogP contribution in [0.1, 0.15) is 27.2 Å². The minimum Gasteiger partial charge on any atom is -0.306 e. The molecule has 2 aromatic carbocycles. The van der Waals surface area contributed by atoms with Gasteiger partial charge in [-0.1, -0.05) is 35.5 Å². The molecule has 4 rings (SSSR count). The van der Waals surface area contributed by atoms with Crippen LogP contribution in [0.2, 0.25) is 0 Å². The first-order chi connectivity index (χ1) is 12.9. The lowest BCUT2D eigenvalue weighted by Crippen LogP contribution is -2.29. The van der Waals surface area contributed by atoms with Crippen molar-refractivity contribution >= 4 is 11.6 Å². The van der Waals surface area contributed by atoms with E-state index in [9.17, 15) is 18.0 Å². The van der Waals surface area contributed by atoms with E-state index in [0.717, 1.165) is 34.0 Å². The third-order valence-electron chi connectivity index (χ3n) is 4.61. The van der Waals surface area contributed by atoms with Crippen LogP contribution >= 0.6 is 0 Å². The van der Waals surface area contributed by atoms with Crippen LogP contribution in [-0.4, -0.2) is 27.4 Å². The molecule has 0 fully saturated rings. The van der Waals surface area contributed by atoms with E-state index in [2.05, 4.69) is 10.3 Å². The van der Waals surface area contributed by atoms with Crippen LogP contribution in [0.3, 0.4) is 0 Å². The third-order valence-corrected chi connectivity index (χ3v) is 4.61. The topological polar surface area (TPSA) is 51.0 Å². The molecule has 0 unspecified atom stereocenters. The zero-order chi connectivity index (χ0) is 19.2. The maximum absolute atomic E-state index is 13.2. The average Bonchev–Trinajstić information content (AvgIpc) is 3.28. The number of aryl methyl sites for hydroxylation is 1. The summed E-state index contributed by atoms with van der Waals surface area (Å²) in [7, 11) is 0. The molecule has 0 radical (unpaired) electrons. The van der Waals surface area contributed by atoms with Crippen LogP contribution in [0, 0.1) is 6.92 Å². The maximum atomic E-state index is 13.2. The first-order valence-electron chi connectivity index (χ1n) is 8.35. The first-order valence-corrected chi connectivity index (χ1v) is 8.35. The third kappa shape index (κ3) is 2.97. The van der Waals surface area contributed by atoms with E-state index in [1.165, 1.54) is 24.4 Å². The van der Waals surface area contributed by atoms with E-state index in [-0.39, 0.29) is 17.3 Å². The molecule has 0 N–H and O–H groups in total. The van der Waals surface area contributed by atoms with Crippen molar-refractivity contribution in [3.05, 3.63) is 71.0 Å². The van der Waals surface area contributed by atoms with E-state index < -0.39 is 11.7 Å². The number of aromatic nitrogens is 3. The van der Waals surface area contributed by atoms with Gasteiger partial charge in [-0.15, -0.1) is 5.10 Å². The Bertz CT molecular complexity index is 1030. The van der Waals surface area contributed by atoms with Gasteiger partial charge in [0.05, 0.1) is 23.1 Å². The Labute approximate surface area is 153 Å². The second-order valence-electron chi connectivity index (χ2n) is 6.35. The summed E-state index contributed by atoms with van der Waals surface area (Å²) in [5, 5.41) is 7.57. The lowest BCUT2D eigenvalue weighted by Gasteiger charge is -2.17. The highest BCUT2D eigenvalue weighted by Gasteiger charge is 2.34. The molecule has 0 aliphatic carbocycles. The number of hydrogen-bond acceptors (Lipinski definition) is 3. The number of amides is 1. The van der Waals surface area contributed by atoms with Crippen LogP contribution in [0.25, 0.3) is 5.69 Å². The lowest BCUT2D eigenvalue weighted by molar-refractivity contribution is -0.137. The molecule has 0 bridgehead atoms. The van der Waals surface area contributed by atoms with Crippen molar-refractivity contribution in [3.8, 4) is 5.69 Å². The normalized spacial score (nSPS) is 13.7. The summed E-state index contributed by atoms with van der Waals surface area (Å²) in [6, 6.07) is 10.9. The summed E-state index contributed by atoms with van der Waals surface area (Å²) in [5.74, 6) is -0.376. The monoisotopic (exact) mass is 372 g/mol. The number of carbonyl (C=O) groups is 1. The number of hydrogen-bond donors (Lipinski definition) is 0. The van der Waals surface area contributed by atoms with Gasteiger partial charge in [0, 0.05) is 6.54 Å². The molecule has 27 heavy (non-hydrogen) atoms. The van der Waals surface area contributed by atoms with E-state index in [0.29, 0.717) is 6.54 Å². The van der Waals surface area contributed by atoms with Crippen molar-refractivity contribution in [1.82, 2.24) is 15.0 Å². The second kappa shape index (κ2) is 6.22. The number of benzene rings is 2. The SMILES string of the molecule is Cc1cccc2c1N(C(=O)c1cn(-c3ccccc3C(F)(F)F)nn1)CC2. The van der Waals surface area contributed by atoms with Crippen LogP contribution in [0.5, 0.6) is 0 Å². The van der Waals surface area contributed by atoms with Crippen molar-refractivity contribution < 1.29 is 18.0 Å². The van der Waals surface area contributed by atoms with E-state index in [1.54, 1.807) is 4.90 Å². The van der Waals surface area contributed by atoms with Crippen LogP contribution in [0.4, 0.5) is 18.9 Å². The quantitative estimate of drug-likeness (QED) is 0.688. The summed E-state index contributed by atoms with van der Waals surface area (Å²) < 4.78 is 40.6. The summed E-state index contributed by atoms with van der Waals surface area (Å²) in [6.07, 6.45) is -2.56. The fraction of sp³-hybridized carbons (Fsp3) is 0.211. The van der Waals surface area contributed by atoms with Gasteiger partial charge in [0.15, 0.2) is 5.69 Å². The van der Waals surface area contributed by atoms with Gasteiger partial charge < -0.3 is 4.90 Å². The van der Waals surface area contributed by atoms with Crippen molar-refractivity contribution in [2.75, 3.05) is 11.4 Å². The van der Waals surface area contributed by atoms with Crippen molar-refractivity contribution in [3.63, 3.8) is 0 Å².